The SMILES string of the molecule is CCOC(=O)C1=C(C)NC(=S)N[C@H]1c1ccccc1OCC(=O)NN=Cc1c(C)n(Cc2ccc(F)cc2)c2ccccc12. The minimum Gasteiger partial charge on any atom is -0.483 e. The predicted octanol–water partition coefficient (Wildman–Crippen LogP) is 5.02. The van der Waals surface area contributed by atoms with Gasteiger partial charge in [-0.15, -0.1) is 0 Å². The lowest BCUT2D eigenvalue weighted by atomic mass is 9.95. The van der Waals surface area contributed by atoms with Gasteiger partial charge in [-0.3, -0.25) is 4.79 Å². The normalized spacial score (nSPS) is 14.8. The van der Waals surface area contributed by atoms with Crippen molar-refractivity contribution in [3.8, 4) is 5.75 Å². The molecule has 1 aliphatic heterocycles. The number of hydrogen-bond donors (Lipinski definition) is 3. The molecule has 1 aromatic heterocycles. The standard InChI is InChI=1S/C33H32FN5O4S/c1-4-42-32(41)30-20(2)36-33(44)37-31(30)25-10-6-8-12-28(25)43-19-29(40)38-35-17-26-21(3)39(27-11-7-5-9-24(26)27)18-22-13-15-23(34)16-14-22/h5-17,31H,4,18-19H2,1-3H3,(H,38,40)(H2,36,37,44)/t31-/m0/s1. The molecule has 1 atom stereocenters. The van der Waals surface area contributed by atoms with Gasteiger partial charge in [0.15, 0.2) is 11.7 Å². The Hall–Kier alpha value is -5.03. The Morgan fingerprint density at radius 1 is 1.07 bits per heavy atom. The third-order valence-corrected chi connectivity index (χ3v) is 7.49. The fourth-order valence-electron chi connectivity index (χ4n) is 5.20. The van der Waals surface area contributed by atoms with Gasteiger partial charge >= 0.3 is 5.97 Å². The Morgan fingerprint density at radius 2 is 1.80 bits per heavy atom. The molecular formula is C33H32FN5O4S. The summed E-state index contributed by atoms with van der Waals surface area (Å²) in [5.41, 5.74) is 7.89. The molecule has 0 saturated carbocycles. The molecule has 9 nitrogen and oxygen atoms in total. The zero-order valence-electron chi connectivity index (χ0n) is 24.5. The second-order valence-corrected chi connectivity index (χ2v) is 10.5. The van der Waals surface area contributed by atoms with E-state index < -0.39 is 17.9 Å². The first-order valence-electron chi connectivity index (χ1n) is 14.1. The molecule has 226 valence electrons. The number of fused-ring (bicyclic) bond motifs is 1. The van der Waals surface area contributed by atoms with Crippen molar-refractivity contribution in [2.75, 3.05) is 13.2 Å². The number of amides is 1. The Balaban J connectivity index is 1.29. The van der Waals surface area contributed by atoms with Crippen LogP contribution in [0.1, 0.15) is 42.3 Å². The number of aromatic nitrogens is 1. The second kappa shape index (κ2) is 13.5. The Labute approximate surface area is 259 Å². The molecule has 0 fully saturated rings. The molecule has 0 bridgehead atoms. The predicted molar refractivity (Wildman–Crippen MR) is 171 cm³/mol. The summed E-state index contributed by atoms with van der Waals surface area (Å²) in [6.45, 7) is 5.94. The van der Waals surface area contributed by atoms with Gasteiger partial charge < -0.3 is 24.7 Å². The van der Waals surface area contributed by atoms with Crippen molar-refractivity contribution in [2.45, 2.75) is 33.4 Å². The third-order valence-electron chi connectivity index (χ3n) is 7.27. The largest absolute Gasteiger partial charge is 0.483 e. The summed E-state index contributed by atoms with van der Waals surface area (Å²) < 4.78 is 26.7. The van der Waals surface area contributed by atoms with Gasteiger partial charge in [0.2, 0.25) is 0 Å². The number of carbonyl (C=O) groups excluding carboxylic acids is 2. The minimum absolute atomic E-state index is 0.222. The Morgan fingerprint density at radius 3 is 2.57 bits per heavy atom. The van der Waals surface area contributed by atoms with Crippen LogP contribution in [0.15, 0.2) is 89.2 Å². The summed E-state index contributed by atoms with van der Waals surface area (Å²) in [5, 5.41) is 11.6. The number of nitrogens with one attached hydrogen (secondary N) is 3. The van der Waals surface area contributed by atoms with Crippen molar-refractivity contribution in [1.29, 1.82) is 0 Å². The number of rotatable bonds is 10. The third kappa shape index (κ3) is 6.63. The molecule has 0 saturated heterocycles. The average Bonchev–Trinajstić information content (AvgIpc) is 3.27. The molecular weight excluding hydrogens is 581 g/mol. The number of nitrogens with zero attached hydrogens (tertiary/aromatic N) is 2. The number of hydrazone groups is 1. The molecule has 11 heteroatoms. The highest BCUT2D eigenvalue weighted by atomic mass is 32.1. The molecule has 3 N–H and O–H groups in total. The van der Waals surface area contributed by atoms with Gasteiger partial charge in [-0.25, -0.2) is 14.6 Å². The van der Waals surface area contributed by atoms with E-state index in [0.29, 0.717) is 34.2 Å². The summed E-state index contributed by atoms with van der Waals surface area (Å²) in [5.74, 6) is -0.814. The number of hydrogen-bond acceptors (Lipinski definition) is 6. The molecule has 0 radical (unpaired) electrons. The lowest BCUT2D eigenvalue weighted by Crippen LogP contribution is -2.45. The number of halogens is 1. The smallest absolute Gasteiger partial charge is 0.338 e. The molecule has 0 spiro atoms. The Bertz CT molecular complexity index is 1780. The van der Waals surface area contributed by atoms with E-state index >= 15 is 0 Å². The molecule has 4 aromatic rings. The van der Waals surface area contributed by atoms with Crippen molar-refractivity contribution in [3.05, 3.63) is 112 Å². The van der Waals surface area contributed by atoms with Crippen molar-refractivity contribution in [1.82, 2.24) is 20.6 Å². The molecule has 0 unspecified atom stereocenters. The highest BCUT2D eigenvalue weighted by Crippen LogP contribution is 2.33. The number of carbonyl (C=O) groups is 2. The van der Waals surface area contributed by atoms with Crippen LogP contribution < -0.4 is 20.8 Å². The molecule has 3 aromatic carbocycles. The van der Waals surface area contributed by atoms with Gasteiger partial charge in [0.25, 0.3) is 5.91 Å². The first kappa shape index (κ1) is 30.4. The van der Waals surface area contributed by atoms with Crippen molar-refractivity contribution < 1.29 is 23.5 Å². The second-order valence-electron chi connectivity index (χ2n) is 10.1. The number of para-hydroxylation sites is 2. The zero-order valence-corrected chi connectivity index (χ0v) is 25.3. The van der Waals surface area contributed by atoms with Crippen molar-refractivity contribution >= 4 is 46.3 Å². The monoisotopic (exact) mass is 613 g/mol. The number of benzene rings is 3. The van der Waals surface area contributed by atoms with Crippen LogP contribution in [-0.2, 0) is 20.9 Å². The fraction of sp³-hybridized carbons (Fsp3) is 0.212. The molecule has 0 aliphatic carbocycles. The fourth-order valence-corrected chi connectivity index (χ4v) is 5.47. The van der Waals surface area contributed by atoms with Gasteiger partial charge in [-0.05, 0) is 62.8 Å². The summed E-state index contributed by atoms with van der Waals surface area (Å²) in [6.07, 6.45) is 1.61. The number of thiocarbonyl (C=S) groups is 1. The maximum Gasteiger partial charge on any atom is 0.338 e. The summed E-state index contributed by atoms with van der Waals surface area (Å²) in [6, 6.07) is 20.8. The quantitative estimate of drug-likeness (QED) is 0.0998. The lowest BCUT2D eigenvalue weighted by molar-refractivity contribution is -0.139. The van der Waals surface area contributed by atoms with Gasteiger partial charge in [-0.1, -0.05) is 48.5 Å². The molecule has 1 aliphatic rings. The van der Waals surface area contributed by atoms with E-state index in [9.17, 15) is 14.0 Å². The summed E-state index contributed by atoms with van der Waals surface area (Å²) >= 11 is 5.33. The van der Waals surface area contributed by atoms with E-state index in [1.54, 1.807) is 50.4 Å². The Kier molecular flexibility index (Phi) is 9.35. The number of ether oxygens (including phenoxy) is 2. The van der Waals surface area contributed by atoms with Crippen LogP contribution in [0.4, 0.5) is 4.39 Å². The number of allylic oxidation sites excluding steroid dienone is 1. The van der Waals surface area contributed by atoms with E-state index in [1.807, 2.05) is 37.3 Å². The highest BCUT2D eigenvalue weighted by molar-refractivity contribution is 7.80. The maximum absolute atomic E-state index is 13.4. The van der Waals surface area contributed by atoms with Crippen LogP contribution in [0.3, 0.4) is 0 Å². The highest BCUT2D eigenvalue weighted by Gasteiger charge is 2.32. The summed E-state index contributed by atoms with van der Waals surface area (Å²) in [7, 11) is 0. The zero-order chi connectivity index (χ0) is 31.2. The number of esters is 1. The topological polar surface area (TPSA) is 106 Å². The van der Waals surface area contributed by atoms with Crippen LogP contribution in [0.5, 0.6) is 5.75 Å². The van der Waals surface area contributed by atoms with Crippen molar-refractivity contribution in [2.24, 2.45) is 5.10 Å². The van der Waals surface area contributed by atoms with Crippen LogP contribution >= 0.6 is 12.2 Å². The summed E-state index contributed by atoms with van der Waals surface area (Å²) in [4.78, 5) is 25.5. The van der Waals surface area contributed by atoms with Crippen LogP contribution in [0, 0.1) is 12.7 Å². The van der Waals surface area contributed by atoms with E-state index in [1.165, 1.54) is 12.1 Å². The van der Waals surface area contributed by atoms with Gasteiger partial charge in [0.1, 0.15) is 11.6 Å². The molecule has 5 rings (SSSR count). The maximum atomic E-state index is 13.4. The van der Waals surface area contributed by atoms with Crippen LogP contribution in [-0.4, -0.2) is 41.0 Å². The van der Waals surface area contributed by atoms with Gasteiger partial charge in [-0.2, -0.15) is 5.10 Å². The van der Waals surface area contributed by atoms with E-state index in [-0.39, 0.29) is 19.0 Å². The minimum atomic E-state index is -0.629. The van der Waals surface area contributed by atoms with E-state index in [4.69, 9.17) is 21.7 Å². The van der Waals surface area contributed by atoms with Crippen LogP contribution in [0.25, 0.3) is 10.9 Å². The van der Waals surface area contributed by atoms with E-state index in [0.717, 1.165) is 27.7 Å². The molecule has 44 heavy (non-hydrogen) atoms. The molecule has 1 amide bonds. The van der Waals surface area contributed by atoms with Crippen LogP contribution in [0.2, 0.25) is 0 Å². The first-order chi connectivity index (χ1) is 21.3. The van der Waals surface area contributed by atoms with E-state index in [2.05, 4.69) is 25.7 Å². The average molecular weight is 614 g/mol. The van der Waals surface area contributed by atoms with Crippen molar-refractivity contribution in [3.63, 3.8) is 0 Å². The lowest BCUT2D eigenvalue weighted by Gasteiger charge is -2.30. The van der Waals surface area contributed by atoms with Gasteiger partial charge in [0.05, 0.1) is 24.4 Å². The van der Waals surface area contributed by atoms with Gasteiger partial charge in [0, 0.05) is 40.0 Å². The first-order valence-corrected chi connectivity index (χ1v) is 14.5. The molecule has 2 heterocycles.